The van der Waals surface area contributed by atoms with Crippen LogP contribution in [0.25, 0.3) is 0 Å². The highest BCUT2D eigenvalue weighted by Gasteiger charge is 2.08. The first-order valence-corrected chi connectivity index (χ1v) is 10.3. The molecule has 2 nitrogen and oxygen atoms in total. The summed E-state index contributed by atoms with van der Waals surface area (Å²) < 4.78 is 0. The number of carbonyl (C=O) groups excluding carboxylic acids is 1. The molecule has 0 aliphatic heterocycles. The summed E-state index contributed by atoms with van der Waals surface area (Å²) in [6.07, 6.45) is 11.4. The van der Waals surface area contributed by atoms with Crippen LogP contribution < -0.4 is 5.32 Å². The van der Waals surface area contributed by atoms with Gasteiger partial charge in [-0.3, -0.25) is 4.79 Å². The second-order valence-electron chi connectivity index (χ2n) is 6.85. The van der Waals surface area contributed by atoms with Crippen molar-refractivity contribution in [3.05, 3.63) is 64.8 Å². The molecule has 0 aliphatic rings. The number of rotatable bonds is 10. The zero-order valence-corrected chi connectivity index (χ0v) is 17.7. The average Bonchev–Trinajstić information content (AvgIpc) is 2.61. The average molecular weight is 372 g/mol. The largest absolute Gasteiger partial charge is 0.355 e. The van der Waals surface area contributed by atoms with Gasteiger partial charge in [0.25, 0.3) is 5.91 Å². The molecule has 0 radical (unpaired) electrons. The third kappa shape index (κ3) is 9.10. The van der Waals surface area contributed by atoms with Crippen LogP contribution in [0.3, 0.4) is 0 Å². The van der Waals surface area contributed by atoms with Gasteiger partial charge in [-0.15, -0.1) is 11.8 Å². The van der Waals surface area contributed by atoms with E-state index < -0.39 is 0 Å². The number of nitrogens with one attached hydrogen (secondary N) is 1. The molecular weight excluding hydrogens is 338 g/mol. The fraction of sp³-hybridized carbons (Fsp3) is 0.435. The lowest BCUT2D eigenvalue weighted by atomic mass is 10.1. The van der Waals surface area contributed by atoms with Crippen LogP contribution in [0.4, 0.5) is 0 Å². The molecule has 0 saturated heterocycles. The Bertz CT molecular complexity index is 667. The van der Waals surface area contributed by atoms with Crippen LogP contribution in [0.1, 0.15) is 63.7 Å². The summed E-state index contributed by atoms with van der Waals surface area (Å²) in [5.74, 6) is 0.867. The summed E-state index contributed by atoms with van der Waals surface area (Å²) in [4.78, 5) is 12.9. The molecule has 0 spiro atoms. The highest BCUT2D eigenvalue weighted by Crippen LogP contribution is 2.23. The maximum Gasteiger partial charge on any atom is 0.252 e. The number of allylic oxidation sites excluding steroid dienone is 5. The molecule has 1 amide bonds. The van der Waals surface area contributed by atoms with Crippen molar-refractivity contribution in [3.63, 3.8) is 0 Å². The Balaban J connectivity index is 2.43. The topological polar surface area (TPSA) is 29.1 Å². The highest BCUT2D eigenvalue weighted by atomic mass is 32.2. The van der Waals surface area contributed by atoms with E-state index in [0.29, 0.717) is 0 Å². The van der Waals surface area contributed by atoms with Gasteiger partial charge < -0.3 is 5.32 Å². The van der Waals surface area contributed by atoms with Crippen molar-refractivity contribution in [2.75, 3.05) is 12.8 Å². The van der Waals surface area contributed by atoms with Crippen LogP contribution in [0.5, 0.6) is 0 Å². The normalized spacial score (nSPS) is 12.0. The van der Waals surface area contributed by atoms with Crippen LogP contribution in [0.2, 0.25) is 0 Å². The molecule has 0 bridgehead atoms. The Labute approximate surface area is 163 Å². The number of hydrogen-bond donors (Lipinski definition) is 1. The maximum atomic E-state index is 11.9. The zero-order chi connectivity index (χ0) is 19.4. The van der Waals surface area contributed by atoms with Crippen molar-refractivity contribution in [1.29, 1.82) is 0 Å². The number of benzene rings is 1. The zero-order valence-electron chi connectivity index (χ0n) is 16.9. The quantitative estimate of drug-likeness (QED) is 0.373. The summed E-state index contributed by atoms with van der Waals surface area (Å²) in [5.41, 5.74) is 5.03. The Hall–Kier alpha value is -1.74. The lowest BCUT2D eigenvalue weighted by Crippen LogP contribution is -2.18. The van der Waals surface area contributed by atoms with E-state index in [1.807, 2.05) is 24.3 Å². The van der Waals surface area contributed by atoms with Crippen LogP contribution in [0.15, 0.2) is 64.1 Å². The third-order valence-electron chi connectivity index (χ3n) is 4.15. The summed E-state index contributed by atoms with van der Waals surface area (Å²) in [6.45, 7) is 8.72. The van der Waals surface area contributed by atoms with Crippen molar-refractivity contribution in [2.24, 2.45) is 0 Å². The van der Waals surface area contributed by atoms with Crippen molar-refractivity contribution >= 4 is 17.7 Å². The molecule has 0 atom stereocenters. The number of carbonyl (C=O) groups is 1. The number of thioether (sulfide) groups is 1. The second-order valence-corrected chi connectivity index (χ2v) is 7.91. The lowest BCUT2D eigenvalue weighted by Gasteiger charge is -2.07. The first kappa shape index (κ1) is 22.3. The molecule has 0 aliphatic carbocycles. The van der Waals surface area contributed by atoms with Crippen molar-refractivity contribution in [1.82, 2.24) is 5.32 Å². The molecule has 0 heterocycles. The highest BCUT2D eigenvalue weighted by molar-refractivity contribution is 7.99. The van der Waals surface area contributed by atoms with E-state index in [0.717, 1.165) is 41.9 Å². The van der Waals surface area contributed by atoms with Gasteiger partial charge >= 0.3 is 0 Å². The predicted octanol–water partition coefficient (Wildman–Crippen LogP) is 6.56. The summed E-state index contributed by atoms with van der Waals surface area (Å²) >= 11 is 1.71. The smallest absolute Gasteiger partial charge is 0.252 e. The minimum Gasteiger partial charge on any atom is -0.355 e. The Morgan fingerprint density at radius 1 is 0.962 bits per heavy atom. The molecule has 1 rings (SSSR count). The van der Waals surface area contributed by atoms with Gasteiger partial charge in [0, 0.05) is 17.7 Å². The molecule has 0 saturated carbocycles. The van der Waals surface area contributed by atoms with Gasteiger partial charge in [0.2, 0.25) is 0 Å². The molecular formula is C23H33NOS. The SMILES string of the molecule is CNC(=O)c1ccccc1SC/C=C(/C)CC/C=C(/C)CCC=C(C)C. The van der Waals surface area contributed by atoms with Crippen LogP contribution >= 0.6 is 11.8 Å². The lowest BCUT2D eigenvalue weighted by molar-refractivity contribution is 0.0960. The number of amides is 1. The van der Waals surface area contributed by atoms with E-state index in [4.69, 9.17) is 0 Å². The molecule has 0 unspecified atom stereocenters. The first-order valence-electron chi connectivity index (χ1n) is 9.32. The van der Waals surface area contributed by atoms with Crippen LogP contribution in [0, 0.1) is 0 Å². The molecule has 0 fully saturated rings. The molecule has 1 N–H and O–H groups in total. The van der Waals surface area contributed by atoms with E-state index in [2.05, 4.69) is 51.2 Å². The monoisotopic (exact) mass is 371 g/mol. The van der Waals surface area contributed by atoms with E-state index >= 15 is 0 Å². The van der Waals surface area contributed by atoms with E-state index in [1.165, 1.54) is 16.7 Å². The maximum absolute atomic E-state index is 11.9. The summed E-state index contributed by atoms with van der Waals surface area (Å²) in [5, 5.41) is 2.70. The van der Waals surface area contributed by atoms with E-state index in [-0.39, 0.29) is 5.91 Å². The molecule has 1 aromatic rings. The van der Waals surface area contributed by atoms with Gasteiger partial charge in [-0.05, 0) is 65.5 Å². The fourth-order valence-electron chi connectivity index (χ4n) is 2.53. The van der Waals surface area contributed by atoms with Gasteiger partial charge in [0.15, 0.2) is 0 Å². The van der Waals surface area contributed by atoms with Gasteiger partial charge in [0.1, 0.15) is 0 Å². The second kappa shape index (κ2) is 12.6. The Kier molecular flexibility index (Phi) is 10.8. The molecule has 142 valence electrons. The van der Waals surface area contributed by atoms with Gasteiger partial charge in [-0.1, -0.05) is 47.1 Å². The molecule has 3 heteroatoms. The van der Waals surface area contributed by atoms with E-state index in [9.17, 15) is 4.79 Å². The summed E-state index contributed by atoms with van der Waals surface area (Å²) in [7, 11) is 1.67. The minimum atomic E-state index is -0.0254. The minimum absolute atomic E-state index is 0.0254. The standard InChI is InChI=1S/C23H33NOS/c1-18(2)10-8-11-19(3)12-9-13-20(4)16-17-26-22-15-7-6-14-21(22)23(25)24-5/h6-7,10,12,14-16H,8-9,11,13,17H2,1-5H3,(H,24,25)/b19-12-,20-16-. The van der Waals surface area contributed by atoms with Crippen LogP contribution in [-0.4, -0.2) is 18.7 Å². The molecule has 26 heavy (non-hydrogen) atoms. The van der Waals surface area contributed by atoms with Crippen molar-refractivity contribution in [2.45, 2.75) is 58.3 Å². The predicted molar refractivity (Wildman–Crippen MR) is 116 cm³/mol. The fourth-order valence-corrected chi connectivity index (χ4v) is 3.57. The number of hydrogen-bond acceptors (Lipinski definition) is 2. The Morgan fingerprint density at radius 2 is 1.58 bits per heavy atom. The first-order chi connectivity index (χ1) is 12.4. The third-order valence-corrected chi connectivity index (χ3v) is 5.15. The van der Waals surface area contributed by atoms with Crippen molar-refractivity contribution < 1.29 is 4.79 Å². The van der Waals surface area contributed by atoms with Crippen LogP contribution in [-0.2, 0) is 0 Å². The van der Waals surface area contributed by atoms with Crippen molar-refractivity contribution in [3.8, 4) is 0 Å². The molecule has 1 aromatic carbocycles. The van der Waals surface area contributed by atoms with E-state index in [1.54, 1.807) is 18.8 Å². The summed E-state index contributed by atoms with van der Waals surface area (Å²) in [6, 6.07) is 7.77. The molecule has 0 aromatic heterocycles. The van der Waals surface area contributed by atoms with Gasteiger partial charge in [0.05, 0.1) is 5.56 Å². The van der Waals surface area contributed by atoms with Gasteiger partial charge in [-0.25, -0.2) is 0 Å². The Morgan fingerprint density at radius 3 is 2.23 bits per heavy atom. The van der Waals surface area contributed by atoms with Gasteiger partial charge in [-0.2, -0.15) is 0 Å².